The van der Waals surface area contributed by atoms with Crippen LogP contribution in [-0.2, 0) is 4.79 Å². The van der Waals surface area contributed by atoms with Gasteiger partial charge in [-0.3, -0.25) is 9.59 Å². The molecule has 1 aliphatic heterocycles. The van der Waals surface area contributed by atoms with E-state index in [1.165, 1.54) is 0 Å². The summed E-state index contributed by atoms with van der Waals surface area (Å²) in [7, 11) is 0. The summed E-state index contributed by atoms with van der Waals surface area (Å²) in [6, 6.07) is 10.9. The summed E-state index contributed by atoms with van der Waals surface area (Å²) in [5.74, 6) is 0.130. The first-order chi connectivity index (χ1) is 14.0. The molecule has 0 atom stereocenters. The molecule has 0 saturated carbocycles. The van der Waals surface area contributed by atoms with Crippen LogP contribution in [0, 0.1) is 13.8 Å². The first-order valence-corrected chi connectivity index (χ1v) is 10.1. The van der Waals surface area contributed by atoms with Gasteiger partial charge in [-0.15, -0.1) is 0 Å². The lowest BCUT2D eigenvalue weighted by molar-refractivity contribution is -0.132. The van der Waals surface area contributed by atoms with Crippen LogP contribution in [0.4, 0.5) is 0 Å². The number of benzene rings is 2. The van der Waals surface area contributed by atoms with Crippen molar-refractivity contribution in [2.75, 3.05) is 19.7 Å². The summed E-state index contributed by atoms with van der Waals surface area (Å²) >= 11 is 6.37. The lowest BCUT2D eigenvalue weighted by atomic mass is 10.0. The van der Waals surface area contributed by atoms with Gasteiger partial charge < -0.3 is 14.1 Å². The van der Waals surface area contributed by atoms with Crippen LogP contribution in [0.15, 0.2) is 45.6 Å². The molecule has 4 rings (SSSR count). The van der Waals surface area contributed by atoms with Gasteiger partial charge in [0.2, 0.25) is 11.2 Å². The van der Waals surface area contributed by atoms with Crippen LogP contribution in [-0.4, -0.2) is 30.5 Å². The number of fused-ring (bicyclic) bond motifs is 1. The lowest BCUT2D eigenvalue weighted by Gasteiger charge is -2.17. The Morgan fingerprint density at radius 3 is 2.62 bits per heavy atom. The molecule has 0 bridgehead atoms. The molecule has 0 radical (unpaired) electrons. The first-order valence-electron chi connectivity index (χ1n) is 9.69. The Kier molecular flexibility index (Phi) is 5.33. The van der Waals surface area contributed by atoms with Crippen LogP contribution >= 0.6 is 11.6 Å². The highest BCUT2D eigenvalue weighted by Gasteiger charge is 2.23. The Hall–Kier alpha value is -2.79. The zero-order valence-corrected chi connectivity index (χ0v) is 17.2. The molecule has 150 valence electrons. The molecule has 29 heavy (non-hydrogen) atoms. The summed E-state index contributed by atoms with van der Waals surface area (Å²) < 4.78 is 11.9. The van der Waals surface area contributed by atoms with Crippen molar-refractivity contribution in [2.45, 2.75) is 26.7 Å². The van der Waals surface area contributed by atoms with Crippen molar-refractivity contribution >= 4 is 28.5 Å². The molecule has 3 aromatic rings. The lowest BCUT2D eigenvalue weighted by Crippen LogP contribution is -2.32. The standard InChI is InChI=1S/C23H22ClNO4/c1-14-11-15(2)20-18(12-14)29-22(16-7-3-4-8-17(16)24)23(21(20)27)28-13-19(26)25-9-5-6-10-25/h3-4,7-8,11-12H,5-6,9-10,13H2,1-2H3. The maximum absolute atomic E-state index is 13.3. The van der Waals surface area contributed by atoms with Gasteiger partial charge in [-0.05, 0) is 56.0 Å². The third-order valence-electron chi connectivity index (χ3n) is 5.21. The number of hydrogen-bond acceptors (Lipinski definition) is 4. The van der Waals surface area contributed by atoms with Gasteiger partial charge >= 0.3 is 0 Å². The zero-order chi connectivity index (χ0) is 20.5. The third-order valence-corrected chi connectivity index (χ3v) is 5.54. The number of likely N-dealkylation sites (tertiary alicyclic amines) is 1. The Balaban J connectivity index is 1.84. The number of ether oxygens (including phenoxy) is 1. The minimum absolute atomic E-state index is 0.0186. The molecule has 0 aliphatic carbocycles. The third kappa shape index (κ3) is 3.75. The van der Waals surface area contributed by atoms with Gasteiger partial charge in [-0.25, -0.2) is 0 Å². The van der Waals surface area contributed by atoms with Gasteiger partial charge in [0.05, 0.1) is 10.4 Å². The molecule has 1 amide bonds. The van der Waals surface area contributed by atoms with E-state index in [0.29, 0.717) is 21.6 Å². The normalized spacial score (nSPS) is 13.8. The maximum Gasteiger partial charge on any atom is 0.260 e. The Morgan fingerprint density at radius 2 is 1.90 bits per heavy atom. The molecule has 0 unspecified atom stereocenters. The smallest absolute Gasteiger partial charge is 0.260 e. The van der Waals surface area contributed by atoms with E-state index in [2.05, 4.69) is 0 Å². The highest BCUT2D eigenvalue weighted by Crippen LogP contribution is 2.36. The molecule has 1 aliphatic rings. The minimum atomic E-state index is -0.298. The van der Waals surface area contributed by atoms with Crippen LogP contribution in [0.3, 0.4) is 0 Å². The monoisotopic (exact) mass is 411 g/mol. The molecule has 1 aromatic heterocycles. The Morgan fingerprint density at radius 1 is 1.17 bits per heavy atom. The minimum Gasteiger partial charge on any atom is -0.476 e. The number of amides is 1. The predicted octanol–water partition coefficient (Wildman–Crippen LogP) is 4.73. The fourth-order valence-electron chi connectivity index (χ4n) is 3.82. The molecule has 2 aromatic carbocycles. The number of nitrogens with zero attached hydrogens (tertiary/aromatic N) is 1. The molecule has 2 heterocycles. The Labute approximate surface area is 173 Å². The van der Waals surface area contributed by atoms with Crippen molar-refractivity contribution in [3.8, 4) is 17.1 Å². The molecule has 1 saturated heterocycles. The molecule has 0 N–H and O–H groups in total. The number of rotatable bonds is 4. The highest BCUT2D eigenvalue weighted by atomic mass is 35.5. The van der Waals surface area contributed by atoms with Gasteiger partial charge in [0.1, 0.15) is 5.58 Å². The van der Waals surface area contributed by atoms with Gasteiger partial charge in [0, 0.05) is 18.7 Å². The second kappa shape index (κ2) is 7.91. The van der Waals surface area contributed by atoms with Crippen LogP contribution in [0.2, 0.25) is 5.02 Å². The van der Waals surface area contributed by atoms with Crippen LogP contribution in [0.5, 0.6) is 5.75 Å². The first kappa shape index (κ1) is 19.5. The van der Waals surface area contributed by atoms with Crippen molar-refractivity contribution in [3.63, 3.8) is 0 Å². The number of carbonyl (C=O) groups excluding carboxylic acids is 1. The second-order valence-corrected chi connectivity index (χ2v) is 7.81. The molecular formula is C23H22ClNO4. The topological polar surface area (TPSA) is 59.8 Å². The van der Waals surface area contributed by atoms with E-state index in [1.807, 2.05) is 32.0 Å². The van der Waals surface area contributed by atoms with Gasteiger partial charge in [0.15, 0.2) is 12.4 Å². The number of hydrogen-bond donors (Lipinski definition) is 0. The van der Waals surface area contributed by atoms with Crippen molar-refractivity contribution in [1.82, 2.24) is 4.90 Å². The van der Waals surface area contributed by atoms with E-state index in [1.54, 1.807) is 23.1 Å². The zero-order valence-electron chi connectivity index (χ0n) is 16.5. The van der Waals surface area contributed by atoms with Gasteiger partial charge in [-0.2, -0.15) is 0 Å². The van der Waals surface area contributed by atoms with E-state index in [4.69, 9.17) is 20.8 Å². The van der Waals surface area contributed by atoms with Crippen LogP contribution in [0.25, 0.3) is 22.3 Å². The summed E-state index contributed by atoms with van der Waals surface area (Å²) in [4.78, 5) is 27.6. The SMILES string of the molecule is Cc1cc(C)c2c(=O)c(OCC(=O)N3CCCC3)c(-c3ccccc3Cl)oc2c1. The fourth-order valence-corrected chi connectivity index (χ4v) is 4.04. The van der Waals surface area contributed by atoms with Gasteiger partial charge in [-0.1, -0.05) is 29.8 Å². The highest BCUT2D eigenvalue weighted by molar-refractivity contribution is 6.33. The fraction of sp³-hybridized carbons (Fsp3) is 0.304. The average Bonchev–Trinajstić information content (AvgIpc) is 3.21. The summed E-state index contributed by atoms with van der Waals surface area (Å²) in [6.07, 6.45) is 1.99. The van der Waals surface area contributed by atoms with E-state index in [0.717, 1.165) is 37.1 Å². The van der Waals surface area contributed by atoms with Gasteiger partial charge in [0.25, 0.3) is 5.91 Å². The molecule has 6 heteroatoms. The van der Waals surface area contributed by atoms with E-state index in [-0.39, 0.29) is 29.5 Å². The van der Waals surface area contributed by atoms with E-state index < -0.39 is 0 Å². The summed E-state index contributed by atoms with van der Waals surface area (Å²) in [6.45, 7) is 5.05. The average molecular weight is 412 g/mol. The molecule has 5 nitrogen and oxygen atoms in total. The molecule has 1 fully saturated rings. The summed E-state index contributed by atoms with van der Waals surface area (Å²) in [5, 5.41) is 0.894. The van der Waals surface area contributed by atoms with E-state index in [9.17, 15) is 9.59 Å². The molecular weight excluding hydrogens is 390 g/mol. The largest absolute Gasteiger partial charge is 0.476 e. The predicted molar refractivity (Wildman–Crippen MR) is 114 cm³/mol. The summed E-state index contributed by atoms with van der Waals surface area (Å²) in [5.41, 5.74) is 2.51. The van der Waals surface area contributed by atoms with Crippen molar-refractivity contribution in [2.24, 2.45) is 0 Å². The van der Waals surface area contributed by atoms with Crippen molar-refractivity contribution in [3.05, 3.63) is 62.8 Å². The quantitative estimate of drug-likeness (QED) is 0.622. The van der Waals surface area contributed by atoms with Crippen molar-refractivity contribution < 1.29 is 13.9 Å². The Bertz CT molecular complexity index is 1150. The maximum atomic E-state index is 13.3. The van der Waals surface area contributed by atoms with Crippen molar-refractivity contribution in [1.29, 1.82) is 0 Å². The molecule has 0 spiro atoms. The number of carbonyl (C=O) groups is 1. The second-order valence-electron chi connectivity index (χ2n) is 7.40. The number of halogens is 1. The number of aryl methyl sites for hydroxylation is 2. The van der Waals surface area contributed by atoms with Crippen LogP contribution < -0.4 is 10.2 Å². The van der Waals surface area contributed by atoms with Crippen LogP contribution in [0.1, 0.15) is 24.0 Å². The van der Waals surface area contributed by atoms with E-state index >= 15 is 0 Å².